The summed E-state index contributed by atoms with van der Waals surface area (Å²) in [4.78, 5) is 14.3. The van der Waals surface area contributed by atoms with E-state index in [0.29, 0.717) is 19.7 Å². The maximum absolute atomic E-state index is 12.3. The highest BCUT2D eigenvalue weighted by atomic mass is 79.9. The Morgan fingerprint density at radius 2 is 1.96 bits per heavy atom. The third kappa shape index (κ3) is 6.32. The van der Waals surface area contributed by atoms with Gasteiger partial charge in [0.15, 0.2) is 0 Å². The molecule has 5 heteroatoms. The van der Waals surface area contributed by atoms with Crippen LogP contribution >= 0.6 is 15.9 Å². The lowest BCUT2D eigenvalue weighted by atomic mass is 10.1. The van der Waals surface area contributed by atoms with Gasteiger partial charge in [-0.1, -0.05) is 58.9 Å². The van der Waals surface area contributed by atoms with Crippen LogP contribution in [-0.4, -0.2) is 31.0 Å². The summed E-state index contributed by atoms with van der Waals surface area (Å²) in [7, 11) is 1.94. The second-order valence-corrected chi connectivity index (χ2v) is 7.08. The van der Waals surface area contributed by atoms with Gasteiger partial charge in [-0.05, 0) is 43.3 Å². The first kappa shape index (κ1) is 20.2. The van der Waals surface area contributed by atoms with Crippen molar-refractivity contribution in [3.63, 3.8) is 0 Å². The van der Waals surface area contributed by atoms with Crippen molar-refractivity contribution in [3.8, 4) is 5.75 Å². The number of hydrogen-bond donors (Lipinski definition) is 1. The number of rotatable bonds is 9. The molecule has 2 aromatic rings. The van der Waals surface area contributed by atoms with E-state index in [2.05, 4.69) is 27.8 Å². The Bertz CT molecular complexity index is 731. The average molecular weight is 417 g/mol. The summed E-state index contributed by atoms with van der Waals surface area (Å²) >= 11 is 3.53. The highest BCUT2D eigenvalue weighted by Crippen LogP contribution is 2.22. The van der Waals surface area contributed by atoms with Crippen molar-refractivity contribution in [3.05, 3.63) is 76.8 Å². The molecule has 0 saturated carbocycles. The van der Waals surface area contributed by atoms with Gasteiger partial charge in [-0.2, -0.15) is 0 Å². The summed E-state index contributed by atoms with van der Waals surface area (Å²) in [6.07, 6.45) is 1.72. The molecular weight excluding hydrogens is 392 g/mol. The molecule has 2 rings (SSSR count). The fraction of sp³-hybridized carbons (Fsp3) is 0.286. The van der Waals surface area contributed by atoms with Crippen LogP contribution in [0.5, 0.6) is 5.75 Å². The lowest BCUT2D eigenvalue weighted by Gasteiger charge is -2.20. The van der Waals surface area contributed by atoms with Crippen LogP contribution in [-0.2, 0) is 11.3 Å². The highest BCUT2D eigenvalue weighted by molar-refractivity contribution is 9.10. The van der Waals surface area contributed by atoms with E-state index in [9.17, 15) is 4.79 Å². The molecule has 138 valence electrons. The fourth-order valence-corrected chi connectivity index (χ4v) is 3.28. The van der Waals surface area contributed by atoms with Crippen molar-refractivity contribution in [1.82, 2.24) is 10.2 Å². The number of halogens is 1. The van der Waals surface area contributed by atoms with Crippen LogP contribution in [0.1, 0.15) is 24.1 Å². The summed E-state index contributed by atoms with van der Waals surface area (Å²) < 4.78 is 6.48. The maximum Gasteiger partial charge on any atom is 0.234 e. The van der Waals surface area contributed by atoms with Crippen molar-refractivity contribution in [2.24, 2.45) is 0 Å². The minimum absolute atomic E-state index is 0.00156. The molecule has 4 nitrogen and oxygen atoms in total. The van der Waals surface area contributed by atoms with E-state index in [4.69, 9.17) is 4.74 Å². The summed E-state index contributed by atoms with van der Waals surface area (Å²) in [6, 6.07) is 15.8. The van der Waals surface area contributed by atoms with E-state index >= 15 is 0 Å². The van der Waals surface area contributed by atoms with Crippen LogP contribution in [0.25, 0.3) is 0 Å². The first-order chi connectivity index (χ1) is 12.5. The van der Waals surface area contributed by atoms with Gasteiger partial charge in [0, 0.05) is 11.0 Å². The molecule has 0 fully saturated rings. The quantitative estimate of drug-likeness (QED) is 0.618. The Morgan fingerprint density at radius 3 is 2.62 bits per heavy atom. The number of carbonyl (C=O) groups excluding carboxylic acids is 1. The molecule has 2 aromatic carbocycles. The smallest absolute Gasteiger partial charge is 0.234 e. The zero-order valence-corrected chi connectivity index (χ0v) is 16.8. The van der Waals surface area contributed by atoms with Gasteiger partial charge in [-0.25, -0.2) is 0 Å². The minimum Gasteiger partial charge on any atom is -0.490 e. The van der Waals surface area contributed by atoms with E-state index in [0.717, 1.165) is 21.3 Å². The van der Waals surface area contributed by atoms with Gasteiger partial charge in [0.05, 0.1) is 12.6 Å². The molecule has 0 aromatic heterocycles. The fourth-order valence-electron chi connectivity index (χ4n) is 2.65. The Balaban J connectivity index is 1.83. The highest BCUT2D eigenvalue weighted by Gasteiger charge is 2.13. The first-order valence-electron chi connectivity index (χ1n) is 8.54. The summed E-state index contributed by atoms with van der Waals surface area (Å²) in [5, 5.41) is 3.05. The topological polar surface area (TPSA) is 41.6 Å². The number of carbonyl (C=O) groups is 1. The standard InChI is InChI=1S/C21H25BrN2O2/c1-4-13-26-18-11-9-17(10-12-18)14-24(3)15-21(25)23-16(2)19-7-5-6-8-20(19)22/h4-12,16H,1,13-15H2,2-3H3,(H,23,25)/t16-/m1/s1. The molecule has 0 unspecified atom stereocenters. The largest absolute Gasteiger partial charge is 0.490 e. The number of nitrogens with zero attached hydrogens (tertiary/aromatic N) is 1. The second kappa shape index (κ2) is 10.1. The van der Waals surface area contributed by atoms with Crippen LogP contribution in [0.4, 0.5) is 0 Å². The zero-order chi connectivity index (χ0) is 18.9. The molecule has 0 aliphatic rings. The van der Waals surface area contributed by atoms with Crippen molar-refractivity contribution in [2.45, 2.75) is 19.5 Å². The number of nitrogens with one attached hydrogen (secondary N) is 1. The Morgan fingerprint density at radius 1 is 1.27 bits per heavy atom. The molecular formula is C21H25BrN2O2. The van der Waals surface area contributed by atoms with Crippen molar-refractivity contribution in [1.29, 1.82) is 0 Å². The molecule has 0 saturated heterocycles. The molecule has 1 amide bonds. The normalized spacial score (nSPS) is 11.8. The molecule has 26 heavy (non-hydrogen) atoms. The predicted octanol–water partition coefficient (Wildman–Crippen LogP) is 4.32. The van der Waals surface area contributed by atoms with Crippen LogP contribution in [0, 0.1) is 0 Å². The molecule has 0 heterocycles. The minimum atomic E-state index is -0.0484. The summed E-state index contributed by atoms with van der Waals surface area (Å²) in [6.45, 7) is 7.14. The van der Waals surface area contributed by atoms with E-state index in [1.165, 1.54) is 0 Å². The van der Waals surface area contributed by atoms with Crippen molar-refractivity contribution >= 4 is 21.8 Å². The monoisotopic (exact) mass is 416 g/mol. The van der Waals surface area contributed by atoms with Gasteiger partial charge in [-0.3, -0.25) is 9.69 Å². The van der Waals surface area contributed by atoms with Crippen LogP contribution in [0.15, 0.2) is 65.7 Å². The number of hydrogen-bond acceptors (Lipinski definition) is 3. The van der Waals surface area contributed by atoms with Gasteiger partial charge in [0.2, 0.25) is 5.91 Å². The Kier molecular flexibility index (Phi) is 7.88. The van der Waals surface area contributed by atoms with Crippen molar-refractivity contribution in [2.75, 3.05) is 20.2 Å². The number of benzene rings is 2. The Labute approximate surface area is 164 Å². The van der Waals surface area contributed by atoms with Crippen molar-refractivity contribution < 1.29 is 9.53 Å². The van der Waals surface area contributed by atoms with Crippen LogP contribution in [0.3, 0.4) is 0 Å². The van der Waals surface area contributed by atoms with Crippen LogP contribution in [0.2, 0.25) is 0 Å². The van der Waals surface area contributed by atoms with Crippen LogP contribution < -0.4 is 10.1 Å². The van der Waals surface area contributed by atoms with Gasteiger partial charge >= 0.3 is 0 Å². The first-order valence-corrected chi connectivity index (χ1v) is 9.34. The van der Waals surface area contributed by atoms with Gasteiger partial charge in [0.25, 0.3) is 0 Å². The lowest BCUT2D eigenvalue weighted by molar-refractivity contribution is -0.122. The molecule has 0 aliphatic heterocycles. The third-order valence-electron chi connectivity index (χ3n) is 3.91. The van der Waals surface area contributed by atoms with Gasteiger partial charge < -0.3 is 10.1 Å². The SMILES string of the molecule is C=CCOc1ccc(CN(C)CC(=O)N[C@H](C)c2ccccc2Br)cc1. The van der Waals surface area contributed by atoms with E-state index in [1.54, 1.807) is 6.08 Å². The number of amides is 1. The van der Waals surface area contributed by atoms with Gasteiger partial charge in [-0.15, -0.1) is 0 Å². The number of ether oxygens (including phenoxy) is 1. The maximum atomic E-state index is 12.3. The molecule has 0 spiro atoms. The molecule has 1 atom stereocenters. The lowest BCUT2D eigenvalue weighted by Crippen LogP contribution is -2.36. The van der Waals surface area contributed by atoms with E-state index < -0.39 is 0 Å². The van der Waals surface area contributed by atoms with E-state index in [1.807, 2.05) is 67.4 Å². The Hall–Kier alpha value is -2.11. The third-order valence-corrected chi connectivity index (χ3v) is 4.63. The number of likely N-dealkylation sites (N-methyl/N-ethyl adjacent to an activating group) is 1. The predicted molar refractivity (Wildman–Crippen MR) is 109 cm³/mol. The summed E-state index contributed by atoms with van der Waals surface area (Å²) in [5.74, 6) is 0.818. The zero-order valence-electron chi connectivity index (χ0n) is 15.2. The molecule has 1 N–H and O–H groups in total. The molecule has 0 bridgehead atoms. The molecule has 0 aliphatic carbocycles. The molecule has 0 radical (unpaired) electrons. The van der Waals surface area contributed by atoms with E-state index in [-0.39, 0.29) is 11.9 Å². The second-order valence-electron chi connectivity index (χ2n) is 6.23. The summed E-state index contributed by atoms with van der Waals surface area (Å²) in [5.41, 5.74) is 2.20. The van der Waals surface area contributed by atoms with Gasteiger partial charge in [0.1, 0.15) is 12.4 Å². The average Bonchev–Trinajstić information content (AvgIpc) is 2.61.